The lowest BCUT2D eigenvalue weighted by Crippen LogP contribution is -1.82. The predicted molar refractivity (Wildman–Crippen MR) is 83.4 cm³/mol. The Labute approximate surface area is 120 Å². The molecule has 0 N–H and O–H groups in total. The van der Waals surface area contributed by atoms with Gasteiger partial charge < -0.3 is 0 Å². The fraction of sp³-hybridized carbons (Fsp3) is 0.200. The molecule has 2 heteroatoms. The molecule has 0 unspecified atom stereocenters. The van der Waals surface area contributed by atoms with E-state index in [1.807, 2.05) is 13.8 Å². The molecule has 0 bridgehead atoms. The van der Waals surface area contributed by atoms with Crippen LogP contribution in [0.25, 0.3) is 11.1 Å². The molecule has 17 heavy (non-hydrogen) atoms. The van der Waals surface area contributed by atoms with Gasteiger partial charge in [-0.3, -0.25) is 0 Å². The Kier molecular flexibility index (Phi) is 5.93. The highest BCUT2D eigenvalue weighted by atomic mass is 79.9. The van der Waals surface area contributed by atoms with Crippen LogP contribution in [0.15, 0.2) is 51.4 Å². The van der Waals surface area contributed by atoms with Gasteiger partial charge in [-0.1, -0.05) is 63.9 Å². The van der Waals surface area contributed by atoms with Gasteiger partial charge in [0.2, 0.25) is 0 Å². The monoisotopic (exact) mass is 354 g/mol. The third-order valence-corrected chi connectivity index (χ3v) is 3.37. The van der Waals surface area contributed by atoms with Crippen molar-refractivity contribution in [1.82, 2.24) is 0 Å². The molecule has 0 atom stereocenters. The minimum atomic E-state index is 1.11. The molecule has 0 saturated carbocycles. The second kappa shape index (κ2) is 6.97. The predicted octanol–water partition coefficient (Wildman–Crippen LogP) is 6.21. The van der Waals surface area contributed by atoms with Gasteiger partial charge >= 0.3 is 0 Å². The molecule has 0 aromatic heterocycles. The molecular formula is C15H16Br2. The number of hydrogen-bond donors (Lipinski definition) is 0. The summed E-state index contributed by atoms with van der Waals surface area (Å²) >= 11 is 6.91. The molecule has 2 rings (SSSR count). The van der Waals surface area contributed by atoms with E-state index in [4.69, 9.17) is 0 Å². The number of benzene rings is 2. The Hall–Kier alpha value is -0.600. The van der Waals surface area contributed by atoms with Gasteiger partial charge in [0.25, 0.3) is 0 Å². The summed E-state index contributed by atoms with van der Waals surface area (Å²) < 4.78 is 2.24. The molecule has 0 amide bonds. The zero-order chi connectivity index (χ0) is 12.8. The van der Waals surface area contributed by atoms with Crippen LogP contribution < -0.4 is 0 Å². The average Bonchev–Trinajstić information content (AvgIpc) is 2.33. The topological polar surface area (TPSA) is 0 Å². The third-order valence-electron chi connectivity index (χ3n) is 2.34. The van der Waals surface area contributed by atoms with Crippen molar-refractivity contribution in [2.45, 2.75) is 20.8 Å². The van der Waals surface area contributed by atoms with Crippen molar-refractivity contribution in [2.24, 2.45) is 0 Å². The van der Waals surface area contributed by atoms with E-state index in [2.05, 4.69) is 81.2 Å². The Morgan fingerprint density at radius 3 is 1.82 bits per heavy atom. The van der Waals surface area contributed by atoms with Crippen molar-refractivity contribution in [2.75, 3.05) is 0 Å². The minimum absolute atomic E-state index is 1.11. The molecule has 0 aliphatic rings. The highest BCUT2D eigenvalue weighted by Crippen LogP contribution is 2.27. The van der Waals surface area contributed by atoms with Crippen molar-refractivity contribution in [3.05, 3.63) is 57.0 Å². The zero-order valence-corrected chi connectivity index (χ0v) is 13.5. The summed E-state index contributed by atoms with van der Waals surface area (Å²) in [6.07, 6.45) is 0. The summed E-state index contributed by atoms with van der Waals surface area (Å²) in [4.78, 5) is 0. The first-order valence-corrected chi connectivity index (χ1v) is 7.27. The van der Waals surface area contributed by atoms with Crippen LogP contribution in [0.2, 0.25) is 0 Å². The largest absolute Gasteiger partial charge is 0.0683 e. The SMILES string of the molecule is CC.Cc1cc(Br)ccc1-c1ccc(Br)cc1. The van der Waals surface area contributed by atoms with Gasteiger partial charge in [-0.05, 0) is 47.9 Å². The third kappa shape index (κ3) is 3.97. The Bertz CT molecular complexity index is 473. The first-order valence-electron chi connectivity index (χ1n) is 5.69. The molecule has 0 spiro atoms. The molecule has 0 fully saturated rings. The number of halogens is 2. The average molecular weight is 356 g/mol. The van der Waals surface area contributed by atoms with Crippen LogP contribution >= 0.6 is 31.9 Å². The molecule has 0 radical (unpaired) electrons. The van der Waals surface area contributed by atoms with Gasteiger partial charge in [0, 0.05) is 8.95 Å². The Morgan fingerprint density at radius 2 is 1.29 bits per heavy atom. The van der Waals surface area contributed by atoms with E-state index >= 15 is 0 Å². The minimum Gasteiger partial charge on any atom is -0.0683 e. The lowest BCUT2D eigenvalue weighted by Gasteiger charge is -2.06. The normalized spacial score (nSPS) is 9.47. The van der Waals surface area contributed by atoms with Crippen molar-refractivity contribution in [3.63, 3.8) is 0 Å². The van der Waals surface area contributed by atoms with E-state index in [9.17, 15) is 0 Å². The van der Waals surface area contributed by atoms with Crippen molar-refractivity contribution < 1.29 is 0 Å². The smallest absolute Gasteiger partial charge is 0.0178 e. The van der Waals surface area contributed by atoms with Crippen LogP contribution in [0.5, 0.6) is 0 Å². The molecule has 2 aromatic carbocycles. The van der Waals surface area contributed by atoms with Gasteiger partial charge in [0.15, 0.2) is 0 Å². The van der Waals surface area contributed by atoms with Gasteiger partial charge in [0.1, 0.15) is 0 Å². The van der Waals surface area contributed by atoms with Crippen LogP contribution in [0.4, 0.5) is 0 Å². The lowest BCUT2D eigenvalue weighted by molar-refractivity contribution is 1.44. The molecule has 2 aromatic rings. The second-order valence-electron chi connectivity index (χ2n) is 3.47. The maximum atomic E-state index is 3.47. The van der Waals surface area contributed by atoms with Crippen molar-refractivity contribution >= 4 is 31.9 Å². The molecule has 0 heterocycles. The molecule has 90 valence electrons. The summed E-state index contributed by atoms with van der Waals surface area (Å²) in [5.41, 5.74) is 3.82. The number of rotatable bonds is 1. The van der Waals surface area contributed by atoms with Gasteiger partial charge in [0.05, 0.1) is 0 Å². The quantitative estimate of drug-likeness (QED) is 0.570. The highest BCUT2D eigenvalue weighted by Gasteiger charge is 2.01. The van der Waals surface area contributed by atoms with Gasteiger partial charge in [-0.2, -0.15) is 0 Å². The number of hydrogen-bond acceptors (Lipinski definition) is 0. The maximum absolute atomic E-state index is 3.47. The van der Waals surface area contributed by atoms with E-state index in [0.717, 1.165) is 8.95 Å². The first-order chi connectivity index (χ1) is 8.16. The fourth-order valence-electron chi connectivity index (χ4n) is 1.58. The fourth-order valence-corrected chi connectivity index (χ4v) is 2.32. The molecular weight excluding hydrogens is 340 g/mol. The van der Waals surface area contributed by atoms with Crippen LogP contribution in [-0.4, -0.2) is 0 Å². The summed E-state index contributed by atoms with van der Waals surface area (Å²) in [6.45, 7) is 6.13. The van der Waals surface area contributed by atoms with E-state index < -0.39 is 0 Å². The standard InChI is InChI=1S/C13H10Br2.C2H6/c1-9-8-12(15)6-7-13(9)10-2-4-11(14)5-3-10;1-2/h2-8H,1H3;1-2H3. The summed E-state index contributed by atoms with van der Waals surface area (Å²) in [5, 5.41) is 0. The molecule has 0 nitrogen and oxygen atoms in total. The summed E-state index contributed by atoms with van der Waals surface area (Å²) in [7, 11) is 0. The van der Waals surface area contributed by atoms with Gasteiger partial charge in [-0.15, -0.1) is 0 Å². The van der Waals surface area contributed by atoms with Crippen LogP contribution in [0.3, 0.4) is 0 Å². The van der Waals surface area contributed by atoms with Crippen molar-refractivity contribution in [1.29, 1.82) is 0 Å². The maximum Gasteiger partial charge on any atom is 0.0178 e. The van der Waals surface area contributed by atoms with E-state index in [0.29, 0.717) is 0 Å². The van der Waals surface area contributed by atoms with E-state index in [1.165, 1.54) is 16.7 Å². The molecule has 0 saturated heterocycles. The number of aryl methyl sites for hydroxylation is 1. The second-order valence-corrected chi connectivity index (χ2v) is 5.30. The van der Waals surface area contributed by atoms with E-state index in [1.54, 1.807) is 0 Å². The van der Waals surface area contributed by atoms with Gasteiger partial charge in [-0.25, -0.2) is 0 Å². The lowest BCUT2D eigenvalue weighted by atomic mass is 10.0. The summed E-state index contributed by atoms with van der Waals surface area (Å²) in [6, 6.07) is 14.7. The molecule has 0 aliphatic heterocycles. The van der Waals surface area contributed by atoms with Crippen LogP contribution in [0, 0.1) is 6.92 Å². The zero-order valence-electron chi connectivity index (χ0n) is 10.3. The first kappa shape index (κ1) is 14.5. The van der Waals surface area contributed by atoms with Crippen molar-refractivity contribution in [3.8, 4) is 11.1 Å². The Balaban J connectivity index is 0.000000686. The Morgan fingerprint density at radius 1 is 0.765 bits per heavy atom. The highest BCUT2D eigenvalue weighted by molar-refractivity contribution is 9.10. The summed E-state index contributed by atoms with van der Waals surface area (Å²) in [5.74, 6) is 0. The van der Waals surface area contributed by atoms with Crippen LogP contribution in [0.1, 0.15) is 19.4 Å². The van der Waals surface area contributed by atoms with E-state index in [-0.39, 0.29) is 0 Å². The van der Waals surface area contributed by atoms with Crippen LogP contribution in [-0.2, 0) is 0 Å². The molecule has 0 aliphatic carbocycles.